The second-order valence-electron chi connectivity index (χ2n) is 3.25. The van der Waals surface area contributed by atoms with Gasteiger partial charge in [-0.05, 0) is 24.3 Å². The van der Waals surface area contributed by atoms with Crippen LogP contribution in [0.4, 0.5) is 26.3 Å². The molecule has 0 bridgehead atoms. The van der Waals surface area contributed by atoms with Crippen molar-refractivity contribution in [2.75, 3.05) is 0 Å². The van der Waals surface area contributed by atoms with Crippen molar-refractivity contribution in [3.63, 3.8) is 0 Å². The molecule has 0 aliphatic rings. The molecule has 1 aromatic carbocycles. The van der Waals surface area contributed by atoms with Gasteiger partial charge in [-0.1, -0.05) is 0 Å². The number of benzene rings is 1. The van der Waals surface area contributed by atoms with Gasteiger partial charge in [0.2, 0.25) is 0 Å². The third-order valence-electron chi connectivity index (χ3n) is 1.85. The SMILES string of the molecule is O=Cc1ccc(OC(F)(F)C(F)C(F)(F)F)cc1. The van der Waals surface area contributed by atoms with Gasteiger partial charge in [0, 0.05) is 5.56 Å². The molecular weight excluding hydrogens is 266 g/mol. The van der Waals surface area contributed by atoms with Crippen molar-refractivity contribution in [2.45, 2.75) is 18.5 Å². The minimum absolute atomic E-state index is 0.110. The fraction of sp³-hybridized carbons (Fsp3) is 0.300. The van der Waals surface area contributed by atoms with Crippen molar-refractivity contribution in [1.82, 2.24) is 0 Å². The molecule has 18 heavy (non-hydrogen) atoms. The summed E-state index contributed by atoms with van der Waals surface area (Å²) < 4.78 is 77.1. The third-order valence-corrected chi connectivity index (χ3v) is 1.85. The Bertz CT molecular complexity index is 411. The lowest BCUT2D eigenvalue weighted by Crippen LogP contribution is -2.45. The van der Waals surface area contributed by atoms with E-state index in [1.165, 1.54) is 0 Å². The van der Waals surface area contributed by atoms with Crippen LogP contribution in [0.5, 0.6) is 5.75 Å². The molecule has 1 aromatic rings. The highest BCUT2D eigenvalue weighted by Crippen LogP contribution is 2.36. The summed E-state index contributed by atoms with van der Waals surface area (Å²) in [6.45, 7) is 0. The predicted octanol–water partition coefficient (Wildman–Crippen LogP) is 3.37. The van der Waals surface area contributed by atoms with E-state index in [1.54, 1.807) is 0 Å². The van der Waals surface area contributed by atoms with E-state index >= 15 is 0 Å². The molecule has 0 N–H and O–H groups in total. The Morgan fingerprint density at radius 2 is 1.56 bits per heavy atom. The van der Waals surface area contributed by atoms with Gasteiger partial charge in [-0.3, -0.25) is 4.79 Å². The summed E-state index contributed by atoms with van der Waals surface area (Å²) in [5.41, 5.74) is 0.110. The van der Waals surface area contributed by atoms with E-state index in [9.17, 15) is 31.1 Å². The second kappa shape index (κ2) is 4.87. The van der Waals surface area contributed by atoms with Crippen LogP contribution >= 0.6 is 0 Å². The Morgan fingerprint density at radius 3 is 1.94 bits per heavy atom. The first-order valence-corrected chi connectivity index (χ1v) is 4.49. The number of ether oxygens (including phenoxy) is 1. The lowest BCUT2D eigenvalue weighted by molar-refractivity contribution is -0.304. The molecule has 0 spiro atoms. The Hall–Kier alpha value is -1.73. The van der Waals surface area contributed by atoms with E-state index < -0.39 is 24.2 Å². The zero-order valence-electron chi connectivity index (χ0n) is 8.55. The average Bonchev–Trinajstić information content (AvgIpc) is 2.27. The number of hydrogen-bond acceptors (Lipinski definition) is 2. The van der Waals surface area contributed by atoms with E-state index in [1.807, 2.05) is 0 Å². The van der Waals surface area contributed by atoms with Gasteiger partial charge in [-0.25, -0.2) is 4.39 Å². The molecular formula is C10H6F6O2. The fourth-order valence-corrected chi connectivity index (χ4v) is 1.01. The van der Waals surface area contributed by atoms with E-state index in [-0.39, 0.29) is 5.56 Å². The van der Waals surface area contributed by atoms with Crippen molar-refractivity contribution >= 4 is 6.29 Å². The molecule has 0 heterocycles. The number of aldehydes is 1. The van der Waals surface area contributed by atoms with E-state index in [0.717, 1.165) is 24.3 Å². The van der Waals surface area contributed by atoms with Gasteiger partial charge in [0.25, 0.3) is 6.17 Å². The predicted molar refractivity (Wildman–Crippen MR) is 48.4 cm³/mol. The van der Waals surface area contributed by atoms with Crippen LogP contribution in [0.15, 0.2) is 24.3 Å². The lowest BCUT2D eigenvalue weighted by atomic mass is 10.2. The third kappa shape index (κ3) is 3.38. The maximum atomic E-state index is 12.8. The molecule has 0 amide bonds. The molecule has 8 heteroatoms. The lowest BCUT2D eigenvalue weighted by Gasteiger charge is -2.23. The normalized spacial score (nSPS) is 14.1. The van der Waals surface area contributed by atoms with Crippen LogP contribution in [0.3, 0.4) is 0 Å². The maximum Gasteiger partial charge on any atom is 0.439 e. The van der Waals surface area contributed by atoms with Crippen LogP contribution in [0.1, 0.15) is 10.4 Å². The van der Waals surface area contributed by atoms with Crippen molar-refractivity contribution in [3.05, 3.63) is 29.8 Å². The van der Waals surface area contributed by atoms with Crippen LogP contribution in [0.2, 0.25) is 0 Å². The highest BCUT2D eigenvalue weighted by molar-refractivity contribution is 5.74. The molecule has 1 unspecified atom stereocenters. The Labute approximate surface area is 97.2 Å². The average molecular weight is 272 g/mol. The zero-order chi connectivity index (χ0) is 14.0. The number of halogens is 6. The van der Waals surface area contributed by atoms with Gasteiger partial charge >= 0.3 is 12.3 Å². The van der Waals surface area contributed by atoms with Crippen molar-refractivity contribution < 1.29 is 35.9 Å². The fourth-order valence-electron chi connectivity index (χ4n) is 1.01. The largest absolute Gasteiger partial charge is 0.439 e. The Kier molecular flexibility index (Phi) is 3.88. The first kappa shape index (κ1) is 14.3. The van der Waals surface area contributed by atoms with Crippen LogP contribution < -0.4 is 4.74 Å². The number of carbonyl (C=O) groups is 1. The molecule has 0 radical (unpaired) electrons. The quantitative estimate of drug-likeness (QED) is 0.620. The minimum atomic E-state index is -5.73. The molecule has 0 fully saturated rings. The van der Waals surface area contributed by atoms with Gasteiger partial charge in [-0.2, -0.15) is 22.0 Å². The molecule has 0 aromatic heterocycles. The van der Waals surface area contributed by atoms with Gasteiger partial charge < -0.3 is 4.74 Å². The van der Waals surface area contributed by atoms with Crippen molar-refractivity contribution in [1.29, 1.82) is 0 Å². The van der Waals surface area contributed by atoms with Gasteiger partial charge in [0.15, 0.2) is 0 Å². The summed E-state index contributed by atoms with van der Waals surface area (Å²) in [6.07, 6.45) is -14.8. The zero-order valence-corrected chi connectivity index (χ0v) is 8.55. The summed E-state index contributed by atoms with van der Waals surface area (Å²) in [5.74, 6) is -0.683. The molecule has 0 saturated carbocycles. The van der Waals surface area contributed by atoms with Gasteiger partial charge in [0.1, 0.15) is 12.0 Å². The monoisotopic (exact) mass is 272 g/mol. The summed E-state index contributed by atoms with van der Waals surface area (Å²) in [6, 6.07) is 3.75. The number of alkyl halides is 6. The summed E-state index contributed by atoms with van der Waals surface area (Å²) >= 11 is 0. The van der Waals surface area contributed by atoms with Crippen molar-refractivity contribution in [3.8, 4) is 5.75 Å². The highest BCUT2D eigenvalue weighted by Gasteiger charge is 2.59. The minimum Gasteiger partial charge on any atom is -0.430 e. The molecule has 0 aliphatic carbocycles. The molecule has 2 nitrogen and oxygen atoms in total. The number of rotatable bonds is 4. The van der Waals surface area contributed by atoms with Gasteiger partial charge in [-0.15, -0.1) is 0 Å². The van der Waals surface area contributed by atoms with Crippen molar-refractivity contribution in [2.24, 2.45) is 0 Å². The standard InChI is InChI=1S/C10H6F6O2/c11-8(9(12,13)14)10(15,16)18-7-3-1-6(5-17)2-4-7/h1-5,8H. The Balaban J connectivity index is 2.84. The Morgan fingerprint density at radius 1 is 1.06 bits per heavy atom. The van der Waals surface area contributed by atoms with Crippen LogP contribution in [0, 0.1) is 0 Å². The molecule has 1 rings (SSSR count). The van der Waals surface area contributed by atoms with Crippen LogP contribution in [-0.4, -0.2) is 24.7 Å². The van der Waals surface area contributed by atoms with Crippen LogP contribution in [-0.2, 0) is 0 Å². The van der Waals surface area contributed by atoms with Gasteiger partial charge in [0.05, 0.1) is 0 Å². The second-order valence-corrected chi connectivity index (χ2v) is 3.25. The first-order valence-electron chi connectivity index (χ1n) is 4.49. The topological polar surface area (TPSA) is 26.3 Å². The molecule has 100 valence electrons. The number of carbonyl (C=O) groups excluding carboxylic acids is 1. The smallest absolute Gasteiger partial charge is 0.430 e. The summed E-state index contributed by atoms with van der Waals surface area (Å²) in [7, 11) is 0. The molecule has 0 aliphatic heterocycles. The summed E-state index contributed by atoms with van der Waals surface area (Å²) in [5, 5.41) is 0. The van der Waals surface area contributed by atoms with E-state index in [0.29, 0.717) is 6.29 Å². The van der Waals surface area contributed by atoms with Crippen LogP contribution in [0.25, 0.3) is 0 Å². The number of hydrogen-bond donors (Lipinski definition) is 0. The first-order chi connectivity index (χ1) is 8.16. The molecule has 1 atom stereocenters. The molecule has 0 saturated heterocycles. The van der Waals surface area contributed by atoms with E-state index in [4.69, 9.17) is 0 Å². The summed E-state index contributed by atoms with van der Waals surface area (Å²) in [4.78, 5) is 10.2. The van der Waals surface area contributed by atoms with E-state index in [2.05, 4.69) is 4.74 Å². The highest BCUT2D eigenvalue weighted by atomic mass is 19.4. The maximum absolute atomic E-state index is 12.8.